The number of hydrogen-bond acceptors (Lipinski definition) is 5. The summed E-state index contributed by atoms with van der Waals surface area (Å²) in [5.41, 5.74) is 1.24. The van der Waals surface area contributed by atoms with Crippen molar-refractivity contribution in [3.63, 3.8) is 0 Å². The molecule has 0 bridgehead atoms. The Balaban J connectivity index is 1.46. The van der Waals surface area contributed by atoms with Gasteiger partial charge in [0, 0.05) is 30.1 Å². The molecule has 0 spiro atoms. The molecule has 0 aromatic heterocycles. The van der Waals surface area contributed by atoms with Gasteiger partial charge in [-0.1, -0.05) is 17.7 Å². The molecule has 9 heteroatoms. The predicted octanol–water partition coefficient (Wildman–Crippen LogP) is 2.75. The van der Waals surface area contributed by atoms with Crippen molar-refractivity contribution in [2.24, 2.45) is 4.99 Å². The Bertz CT molecular complexity index is 1070. The number of ether oxygens (including phenoxy) is 1. The molecule has 0 radical (unpaired) electrons. The molecule has 2 aliphatic heterocycles. The van der Waals surface area contributed by atoms with Crippen molar-refractivity contribution in [1.82, 2.24) is 4.72 Å². The molecule has 28 heavy (non-hydrogen) atoms. The highest BCUT2D eigenvalue weighted by Crippen LogP contribution is 2.31. The van der Waals surface area contributed by atoms with Crippen molar-refractivity contribution in [3.8, 4) is 5.75 Å². The molecule has 0 fully saturated rings. The lowest BCUT2D eigenvalue weighted by Crippen LogP contribution is -2.32. The highest BCUT2D eigenvalue weighted by molar-refractivity contribution is 7.90. The van der Waals surface area contributed by atoms with Gasteiger partial charge in [-0.15, -0.1) is 0 Å². The molecule has 1 atom stereocenters. The number of aliphatic imine (C=N–C) groups is 1. The largest absolute Gasteiger partial charge is 0.480 e. The van der Waals surface area contributed by atoms with E-state index in [0.717, 1.165) is 12.0 Å². The number of fused-ring (bicyclic) bond motifs is 1. The zero-order valence-electron chi connectivity index (χ0n) is 14.8. The summed E-state index contributed by atoms with van der Waals surface area (Å²) in [5, 5.41) is 3.30. The smallest absolute Gasteiger partial charge is 0.265 e. The summed E-state index contributed by atoms with van der Waals surface area (Å²) in [6, 6.07) is 11.3. The summed E-state index contributed by atoms with van der Waals surface area (Å²) in [7, 11) is -3.75. The van der Waals surface area contributed by atoms with Gasteiger partial charge in [-0.25, -0.2) is 8.42 Å². The van der Waals surface area contributed by atoms with Gasteiger partial charge in [-0.3, -0.25) is 14.5 Å². The monoisotopic (exact) mass is 419 g/mol. The first-order chi connectivity index (χ1) is 13.4. The first-order valence-corrected chi connectivity index (χ1v) is 10.7. The van der Waals surface area contributed by atoms with Crippen LogP contribution in [-0.4, -0.2) is 32.8 Å². The average Bonchev–Trinajstić information content (AvgIpc) is 3.30. The van der Waals surface area contributed by atoms with Crippen LogP contribution in [0.4, 0.5) is 5.69 Å². The third-order valence-corrected chi connectivity index (χ3v) is 6.14. The molecule has 0 saturated carbocycles. The van der Waals surface area contributed by atoms with Crippen LogP contribution in [0, 0.1) is 0 Å². The van der Waals surface area contributed by atoms with Gasteiger partial charge in [0.2, 0.25) is 0 Å². The fourth-order valence-electron chi connectivity index (χ4n) is 3.16. The van der Waals surface area contributed by atoms with Crippen molar-refractivity contribution >= 4 is 39.1 Å². The van der Waals surface area contributed by atoms with Gasteiger partial charge >= 0.3 is 0 Å². The van der Waals surface area contributed by atoms with Crippen LogP contribution in [0.2, 0.25) is 5.02 Å². The van der Waals surface area contributed by atoms with Crippen LogP contribution < -0.4 is 14.8 Å². The number of carbonyl (C=O) groups is 1. The zero-order valence-corrected chi connectivity index (χ0v) is 16.4. The molecule has 1 amide bonds. The standard InChI is InChI=1S/C19H18ClN3O4S/c20-13-6-7-16-12(9-13)10-17(27-16)19(24)22-14-3-1-4-15(11-14)28(25,26)23-18-5-2-8-21-18/h1,3-4,6-7,9,11,17H,2,5,8,10H2,(H,21,23)(H,22,24)/t17-/m1/s1. The summed E-state index contributed by atoms with van der Waals surface area (Å²) in [4.78, 5) is 16.7. The van der Waals surface area contributed by atoms with E-state index < -0.39 is 16.1 Å². The fourth-order valence-corrected chi connectivity index (χ4v) is 4.49. The molecular formula is C19H18ClN3O4S. The van der Waals surface area contributed by atoms with E-state index in [1.807, 2.05) is 0 Å². The van der Waals surface area contributed by atoms with Gasteiger partial charge in [0.05, 0.1) is 4.90 Å². The number of halogens is 1. The van der Waals surface area contributed by atoms with E-state index in [-0.39, 0.29) is 10.8 Å². The maximum absolute atomic E-state index is 12.6. The Labute approximate surface area is 167 Å². The van der Waals surface area contributed by atoms with Crippen molar-refractivity contribution in [1.29, 1.82) is 0 Å². The highest BCUT2D eigenvalue weighted by atomic mass is 35.5. The number of amides is 1. The van der Waals surface area contributed by atoms with E-state index >= 15 is 0 Å². The third kappa shape index (κ3) is 3.98. The van der Waals surface area contributed by atoms with Crippen LogP contribution in [0.15, 0.2) is 52.4 Å². The Morgan fingerprint density at radius 2 is 2.07 bits per heavy atom. The van der Waals surface area contributed by atoms with Gasteiger partial charge in [0.1, 0.15) is 11.6 Å². The molecular weight excluding hydrogens is 402 g/mol. The van der Waals surface area contributed by atoms with Crippen LogP contribution in [0.5, 0.6) is 5.75 Å². The molecule has 2 aromatic rings. The number of amidine groups is 1. The van der Waals surface area contributed by atoms with Crippen LogP contribution >= 0.6 is 11.6 Å². The third-order valence-electron chi connectivity index (χ3n) is 4.53. The lowest BCUT2D eigenvalue weighted by atomic mass is 10.1. The second-order valence-corrected chi connectivity index (χ2v) is 8.74. The Morgan fingerprint density at radius 1 is 1.21 bits per heavy atom. The molecule has 0 saturated heterocycles. The van der Waals surface area contributed by atoms with Crippen LogP contribution in [0.25, 0.3) is 0 Å². The summed E-state index contributed by atoms with van der Waals surface area (Å²) in [5.74, 6) is 0.739. The minimum absolute atomic E-state index is 0.0577. The van der Waals surface area contributed by atoms with Crippen molar-refractivity contribution in [2.75, 3.05) is 11.9 Å². The normalized spacial score (nSPS) is 18.2. The lowest BCUT2D eigenvalue weighted by molar-refractivity contribution is -0.122. The number of rotatable bonds is 4. The zero-order chi connectivity index (χ0) is 19.7. The summed E-state index contributed by atoms with van der Waals surface area (Å²) in [6.45, 7) is 0.628. The van der Waals surface area contributed by atoms with E-state index in [1.165, 1.54) is 12.1 Å². The Hall–Kier alpha value is -2.58. The number of carbonyl (C=O) groups excluding carboxylic acids is 1. The molecule has 4 rings (SSSR count). The fraction of sp³-hybridized carbons (Fsp3) is 0.263. The second kappa shape index (κ2) is 7.44. The van der Waals surface area contributed by atoms with Gasteiger partial charge in [0.25, 0.3) is 15.9 Å². The maximum atomic E-state index is 12.6. The molecule has 2 aromatic carbocycles. The van der Waals surface area contributed by atoms with Gasteiger partial charge in [-0.2, -0.15) is 0 Å². The molecule has 7 nitrogen and oxygen atoms in total. The predicted molar refractivity (Wildman–Crippen MR) is 107 cm³/mol. The van der Waals surface area contributed by atoms with Crippen molar-refractivity contribution < 1.29 is 17.9 Å². The minimum Gasteiger partial charge on any atom is -0.480 e. The van der Waals surface area contributed by atoms with Gasteiger partial charge < -0.3 is 10.1 Å². The molecule has 0 unspecified atom stereocenters. The van der Waals surface area contributed by atoms with Crippen LogP contribution in [0.3, 0.4) is 0 Å². The van der Waals surface area contributed by atoms with Crippen LogP contribution in [0.1, 0.15) is 18.4 Å². The number of benzene rings is 2. The van der Waals surface area contributed by atoms with Crippen LogP contribution in [-0.2, 0) is 21.2 Å². The molecule has 2 N–H and O–H groups in total. The molecule has 2 aliphatic rings. The Kier molecular flexibility index (Phi) is 4.99. The minimum atomic E-state index is -3.75. The van der Waals surface area contributed by atoms with E-state index in [0.29, 0.717) is 41.7 Å². The van der Waals surface area contributed by atoms with Gasteiger partial charge in [-0.05, 0) is 48.4 Å². The van der Waals surface area contributed by atoms with Gasteiger partial charge in [0.15, 0.2) is 6.10 Å². The Morgan fingerprint density at radius 3 is 2.86 bits per heavy atom. The summed E-state index contributed by atoms with van der Waals surface area (Å²) >= 11 is 5.97. The number of nitrogens with one attached hydrogen (secondary N) is 2. The number of anilines is 1. The van der Waals surface area contributed by atoms with E-state index in [9.17, 15) is 13.2 Å². The number of sulfonamides is 1. The quantitative estimate of drug-likeness (QED) is 0.796. The van der Waals surface area contributed by atoms with E-state index in [2.05, 4.69) is 15.0 Å². The first-order valence-electron chi connectivity index (χ1n) is 8.83. The van der Waals surface area contributed by atoms with E-state index in [1.54, 1.807) is 30.3 Å². The van der Waals surface area contributed by atoms with Crippen molar-refractivity contribution in [2.45, 2.75) is 30.3 Å². The number of nitrogens with zero attached hydrogens (tertiary/aromatic N) is 1. The molecule has 0 aliphatic carbocycles. The van der Waals surface area contributed by atoms with Crippen molar-refractivity contribution in [3.05, 3.63) is 53.1 Å². The SMILES string of the molecule is O=C(Nc1cccc(S(=O)(=O)NC2=NCCC2)c1)[C@H]1Cc2cc(Cl)ccc2O1. The first kappa shape index (κ1) is 18.8. The highest BCUT2D eigenvalue weighted by Gasteiger charge is 2.29. The summed E-state index contributed by atoms with van der Waals surface area (Å²) in [6.07, 6.45) is 1.16. The average molecular weight is 420 g/mol. The second-order valence-electron chi connectivity index (χ2n) is 6.62. The molecule has 2 heterocycles. The lowest BCUT2D eigenvalue weighted by Gasteiger charge is -2.13. The maximum Gasteiger partial charge on any atom is 0.265 e. The number of hydrogen-bond donors (Lipinski definition) is 2. The molecule has 146 valence electrons. The topological polar surface area (TPSA) is 96.9 Å². The summed E-state index contributed by atoms with van der Waals surface area (Å²) < 4.78 is 33.2. The van der Waals surface area contributed by atoms with E-state index in [4.69, 9.17) is 16.3 Å².